The van der Waals surface area contributed by atoms with Crippen molar-refractivity contribution in [3.05, 3.63) is 29.8 Å². The van der Waals surface area contributed by atoms with Crippen LogP contribution < -0.4 is 4.74 Å². The number of Topliss-reactive ketones (excluding diaryl/α,β-unsaturated/α-hetero) is 1. The Morgan fingerprint density at radius 1 is 1.27 bits per heavy atom. The van der Waals surface area contributed by atoms with E-state index in [1.165, 1.54) is 6.42 Å². The molecule has 1 heterocycles. The molecule has 1 saturated heterocycles. The van der Waals surface area contributed by atoms with Gasteiger partial charge in [0.25, 0.3) is 0 Å². The van der Waals surface area contributed by atoms with Crippen molar-refractivity contribution in [2.75, 3.05) is 26.2 Å². The highest BCUT2D eigenvalue weighted by molar-refractivity contribution is 5.94. The van der Waals surface area contributed by atoms with Crippen LogP contribution in [0.1, 0.15) is 37.6 Å². The lowest BCUT2D eigenvalue weighted by atomic mass is 9.92. The van der Waals surface area contributed by atoms with Crippen LogP contribution in [0.25, 0.3) is 0 Å². The summed E-state index contributed by atoms with van der Waals surface area (Å²) in [5.74, 6) is 2.11. The Balaban J connectivity index is 1.77. The number of β-amino-alcohol motifs (C(OH)–C–C–N with tert-alkyl or cyclic N) is 1. The molecule has 1 aliphatic rings. The number of ether oxygens (including phenoxy) is 1. The molecule has 1 aromatic rings. The molecule has 1 fully saturated rings. The number of ketones is 1. The molecule has 0 unspecified atom stereocenters. The van der Waals surface area contributed by atoms with Crippen molar-refractivity contribution in [3.63, 3.8) is 0 Å². The van der Waals surface area contributed by atoms with Crippen LogP contribution in [-0.4, -0.2) is 48.1 Å². The molecule has 0 saturated carbocycles. The van der Waals surface area contributed by atoms with Crippen LogP contribution in [0.3, 0.4) is 0 Å². The summed E-state index contributed by atoms with van der Waals surface area (Å²) in [5.41, 5.74) is 0.671. The Morgan fingerprint density at radius 3 is 2.41 bits per heavy atom. The van der Waals surface area contributed by atoms with E-state index in [2.05, 4.69) is 18.7 Å². The molecule has 0 aromatic heterocycles. The van der Waals surface area contributed by atoms with Gasteiger partial charge in [0.05, 0.1) is 0 Å². The molecule has 1 N–H and O–H groups in total. The summed E-state index contributed by atoms with van der Waals surface area (Å²) in [5, 5.41) is 10.2. The second kappa shape index (κ2) is 7.75. The first-order valence-corrected chi connectivity index (χ1v) is 8.08. The third kappa shape index (κ3) is 5.11. The van der Waals surface area contributed by atoms with Gasteiger partial charge in [0.15, 0.2) is 5.78 Å². The minimum Gasteiger partial charge on any atom is -0.491 e. The van der Waals surface area contributed by atoms with E-state index in [0.717, 1.165) is 13.1 Å². The maximum atomic E-state index is 11.2. The van der Waals surface area contributed by atoms with Crippen LogP contribution in [0.4, 0.5) is 0 Å². The summed E-state index contributed by atoms with van der Waals surface area (Å²) in [6.45, 7) is 9.10. The zero-order valence-corrected chi connectivity index (χ0v) is 13.8. The van der Waals surface area contributed by atoms with Crippen molar-refractivity contribution < 1.29 is 14.6 Å². The first kappa shape index (κ1) is 17.0. The molecule has 1 aromatic carbocycles. The average Bonchev–Trinajstić information content (AvgIpc) is 2.44. The largest absolute Gasteiger partial charge is 0.491 e. The highest BCUT2D eigenvalue weighted by Gasteiger charge is 2.23. The van der Waals surface area contributed by atoms with Crippen LogP contribution >= 0.6 is 0 Å². The minimum atomic E-state index is -0.495. The number of benzene rings is 1. The van der Waals surface area contributed by atoms with Crippen molar-refractivity contribution in [3.8, 4) is 5.75 Å². The fourth-order valence-electron chi connectivity index (χ4n) is 3.27. The predicted octanol–water partition coefficient (Wildman–Crippen LogP) is 2.61. The number of rotatable bonds is 6. The zero-order chi connectivity index (χ0) is 16.1. The minimum absolute atomic E-state index is 0.0416. The Morgan fingerprint density at radius 2 is 1.86 bits per heavy atom. The molecule has 0 amide bonds. The number of nitrogens with zero attached hydrogens (tertiary/aromatic N) is 1. The molecule has 0 spiro atoms. The second-order valence-electron chi connectivity index (χ2n) is 6.71. The number of hydrogen-bond acceptors (Lipinski definition) is 4. The quantitative estimate of drug-likeness (QED) is 0.821. The van der Waals surface area contributed by atoms with Gasteiger partial charge in [0, 0.05) is 25.2 Å². The van der Waals surface area contributed by atoms with Crippen molar-refractivity contribution >= 4 is 5.78 Å². The van der Waals surface area contributed by atoms with Gasteiger partial charge in [-0.15, -0.1) is 0 Å². The highest BCUT2D eigenvalue weighted by atomic mass is 16.5. The average molecular weight is 305 g/mol. The molecule has 2 rings (SSSR count). The maximum absolute atomic E-state index is 11.2. The lowest BCUT2D eigenvalue weighted by molar-refractivity contribution is 0.0429. The number of piperidine rings is 1. The van der Waals surface area contributed by atoms with Gasteiger partial charge in [0.1, 0.15) is 18.5 Å². The van der Waals surface area contributed by atoms with E-state index >= 15 is 0 Å². The van der Waals surface area contributed by atoms with E-state index in [0.29, 0.717) is 29.7 Å². The fraction of sp³-hybridized carbons (Fsp3) is 0.611. The van der Waals surface area contributed by atoms with Crippen LogP contribution in [0.2, 0.25) is 0 Å². The lowest BCUT2D eigenvalue weighted by Gasteiger charge is -2.35. The zero-order valence-electron chi connectivity index (χ0n) is 13.8. The number of aliphatic hydroxyl groups excluding tert-OH is 1. The number of aliphatic hydroxyl groups is 1. The lowest BCUT2D eigenvalue weighted by Crippen LogP contribution is -2.43. The van der Waals surface area contributed by atoms with Crippen LogP contribution in [-0.2, 0) is 0 Å². The topological polar surface area (TPSA) is 49.8 Å². The van der Waals surface area contributed by atoms with Crippen molar-refractivity contribution in [2.45, 2.75) is 33.3 Å². The van der Waals surface area contributed by atoms with Gasteiger partial charge >= 0.3 is 0 Å². The van der Waals surface area contributed by atoms with Gasteiger partial charge in [-0.05, 0) is 49.4 Å². The van der Waals surface area contributed by atoms with Gasteiger partial charge < -0.3 is 14.7 Å². The molecular weight excluding hydrogens is 278 g/mol. The highest BCUT2D eigenvalue weighted by Crippen LogP contribution is 2.21. The van der Waals surface area contributed by atoms with Gasteiger partial charge in [0.2, 0.25) is 0 Å². The first-order valence-electron chi connectivity index (χ1n) is 8.08. The van der Waals surface area contributed by atoms with Crippen LogP contribution in [0.5, 0.6) is 5.75 Å². The molecule has 4 nitrogen and oxygen atoms in total. The van der Waals surface area contributed by atoms with E-state index in [9.17, 15) is 9.90 Å². The molecule has 4 heteroatoms. The van der Waals surface area contributed by atoms with Crippen molar-refractivity contribution in [1.82, 2.24) is 4.90 Å². The molecule has 22 heavy (non-hydrogen) atoms. The Hall–Kier alpha value is -1.39. The molecule has 0 aliphatic carbocycles. The van der Waals surface area contributed by atoms with E-state index in [1.54, 1.807) is 31.2 Å². The van der Waals surface area contributed by atoms with Crippen LogP contribution in [0.15, 0.2) is 24.3 Å². The Kier molecular flexibility index (Phi) is 5.98. The van der Waals surface area contributed by atoms with Gasteiger partial charge in [-0.2, -0.15) is 0 Å². The summed E-state index contributed by atoms with van der Waals surface area (Å²) >= 11 is 0. The molecular formula is C18H27NO3. The van der Waals surface area contributed by atoms with Gasteiger partial charge in [-0.25, -0.2) is 0 Å². The summed E-state index contributed by atoms with van der Waals surface area (Å²) < 4.78 is 5.61. The Bertz CT molecular complexity index is 476. The third-order valence-electron chi connectivity index (χ3n) is 4.12. The maximum Gasteiger partial charge on any atom is 0.159 e. The summed E-state index contributed by atoms with van der Waals surface area (Å²) in [4.78, 5) is 13.5. The normalized spacial score (nSPS) is 24.0. The van der Waals surface area contributed by atoms with Crippen LogP contribution in [0, 0.1) is 11.8 Å². The molecule has 0 bridgehead atoms. The van der Waals surface area contributed by atoms with Gasteiger partial charge in [-0.1, -0.05) is 13.8 Å². The van der Waals surface area contributed by atoms with E-state index < -0.39 is 6.10 Å². The summed E-state index contributed by atoms with van der Waals surface area (Å²) in [6.07, 6.45) is 0.774. The summed E-state index contributed by atoms with van der Waals surface area (Å²) in [6, 6.07) is 7.04. The van der Waals surface area contributed by atoms with E-state index in [1.807, 2.05) is 0 Å². The van der Waals surface area contributed by atoms with E-state index in [-0.39, 0.29) is 12.4 Å². The predicted molar refractivity (Wildman–Crippen MR) is 87.3 cm³/mol. The molecule has 3 atom stereocenters. The third-order valence-corrected chi connectivity index (χ3v) is 4.12. The Labute approximate surface area is 133 Å². The van der Waals surface area contributed by atoms with Gasteiger partial charge in [-0.3, -0.25) is 4.79 Å². The fourth-order valence-corrected chi connectivity index (χ4v) is 3.27. The number of carbonyl (C=O) groups is 1. The monoisotopic (exact) mass is 305 g/mol. The molecule has 1 aliphatic heterocycles. The standard InChI is InChI=1S/C18H27NO3/c1-13-8-14(2)10-19(9-13)11-17(21)12-22-18-6-4-16(5-7-18)15(3)20/h4-7,13-14,17,21H,8-12H2,1-3H3/t13-,14+,17-/m0/s1. The smallest absolute Gasteiger partial charge is 0.159 e. The molecule has 0 radical (unpaired) electrons. The second-order valence-corrected chi connectivity index (χ2v) is 6.71. The SMILES string of the molecule is CC(=O)c1ccc(OC[C@@H](O)CN2C[C@H](C)C[C@H](C)C2)cc1. The van der Waals surface area contributed by atoms with Crippen molar-refractivity contribution in [1.29, 1.82) is 0 Å². The summed E-state index contributed by atoms with van der Waals surface area (Å²) in [7, 11) is 0. The molecule has 122 valence electrons. The van der Waals surface area contributed by atoms with Crippen molar-refractivity contribution in [2.24, 2.45) is 11.8 Å². The number of carbonyl (C=O) groups excluding carboxylic acids is 1. The first-order chi connectivity index (χ1) is 10.4. The van der Waals surface area contributed by atoms with E-state index in [4.69, 9.17) is 4.74 Å². The number of likely N-dealkylation sites (tertiary alicyclic amines) is 1. The number of hydrogen-bond donors (Lipinski definition) is 1.